The molecule has 0 fully saturated rings. The normalized spacial score (nSPS) is 16.4. The molecule has 0 atom stereocenters. The predicted octanol–water partition coefficient (Wildman–Crippen LogP) is 24.4. The van der Waals surface area contributed by atoms with Crippen LogP contribution in [0, 0.1) is 0 Å². The molecule has 2 heterocycles. The number of anilines is 1. The highest BCUT2D eigenvalue weighted by molar-refractivity contribution is 6.08. The highest BCUT2D eigenvalue weighted by Gasteiger charge is 2.46. The fourth-order valence-electron chi connectivity index (χ4n) is 14.8. The molecule has 0 saturated carbocycles. The molecule has 0 saturated heterocycles. The summed E-state index contributed by atoms with van der Waals surface area (Å²) in [6.07, 6.45) is 56.4. The lowest BCUT2D eigenvalue weighted by molar-refractivity contribution is -0.438. The third-order valence-electron chi connectivity index (χ3n) is 19.8. The first-order chi connectivity index (χ1) is 42.6. The molecule has 5 heteroatoms. The van der Waals surface area contributed by atoms with Crippen molar-refractivity contribution in [1.29, 1.82) is 0 Å². The van der Waals surface area contributed by atoms with Gasteiger partial charge in [0.1, 0.15) is 18.1 Å². The Bertz CT molecular complexity index is 3090. The monoisotopic (exact) mass is 1180 g/mol. The Morgan fingerprint density at radius 2 is 0.989 bits per heavy atom. The summed E-state index contributed by atoms with van der Waals surface area (Å²) in [5.74, 6) is 1.29. The maximum absolute atomic E-state index is 12.6. The zero-order valence-corrected chi connectivity index (χ0v) is 55.8. The van der Waals surface area contributed by atoms with Gasteiger partial charge in [0.05, 0.1) is 18.1 Å². The van der Waals surface area contributed by atoms with E-state index in [-0.39, 0.29) is 16.8 Å². The molecule has 0 amide bonds. The number of methoxy groups -OCH3 is 1. The number of esters is 1. The minimum absolute atomic E-state index is 0.214. The SMILES string of the molecule is CCCCCCCCCCCCCCCCCCN1/C(=C/C=C2\CCCC(/C=C/C3=[N+](CCCCCCCCCCCCCCCCCC)c4ccc5ccccc5c4C3(C)C)=C2Oc2ccc(C(=O)OC)cc2)C(C)(C)c2c1ccc1ccccc21. The number of allylic oxidation sites excluding steroid dienone is 7. The molecule has 0 unspecified atom stereocenters. The average Bonchev–Trinajstić information content (AvgIpc) is 1.74. The second-order valence-electron chi connectivity index (χ2n) is 27.3. The highest BCUT2D eigenvalue weighted by atomic mass is 16.5. The topological polar surface area (TPSA) is 41.8 Å². The molecule has 87 heavy (non-hydrogen) atoms. The lowest BCUT2D eigenvalue weighted by Gasteiger charge is -2.28. The van der Waals surface area contributed by atoms with Gasteiger partial charge in [-0.2, -0.15) is 4.58 Å². The number of fused-ring (bicyclic) bond motifs is 6. The molecular weight excluding hydrogens is 1060 g/mol. The zero-order chi connectivity index (χ0) is 61.1. The number of carbonyl (C=O) groups is 1. The van der Waals surface area contributed by atoms with Crippen molar-refractivity contribution in [3.05, 3.63) is 161 Å². The molecular formula is C82H115N2O3+. The number of nitrogens with zero attached hydrogens (tertiary/aromatic N) is 2. The van der Waals surface area contributed by atoms with Crippen LogP contribution >= 0.6 is 0 Å². The van der Waals surface area contributed by atoms with E-state index >= 15 is 0 Å². The first-order valence-corrected chi connectivity index (χ1v) is 35.7. The molecule has 5 aromatic rings. The van der Waals surface area contributed by atoms with Gasteiger partial charge in [-0.05, 0) is 133 Å². The number of ether oxygens (including phenoxy) is 2. The van der Waals surface area contributed by atoms with E-state index in [0.29, 0.717) is 11.3 Å². The van der Waals surface area contributed by atoms with Crippen LogP contribution in [0.3, 0.4) is 0 Å². The van der Waals surface area contributed by atoms with Crippen molar-refractivity contribution in [3.63, 3.8) is 0 Å². The molecule has 0 radical (unpaired) electrons. The van der Waals surface area contributed by atoms with Crippen molar-refractivity contribution in [2.75, 3.05) is 25.1 Å². The van der Waals surface area contributed by atoms with E-state index in [1.165, 1.54) is 279 Å². The van der Waals surface area contributed by atoms with E-state index in [1.54, 1.807) is 0 Å². The van der Waals surface area contributed by atoms with Crippen molar-refractivity contribution >= 4 is 44.6 Å². The number of carbonyl (C=O) groups excluding carboxylic acids is 1. The summed E-state index contributed by atoms with van der Waals surface area (Å²) < 4.78 is 14.9. The minimum atomic E-state index is -0.347. The van der Waals surface area contributed by atoms with Gasteiger partial charge in [-0.15, -0.1) is 0 Å². The maximum atomic E-state index is 12.6. The van der Waals surface area contributed by atoms with Gasteiger partial charge in [0.25, 0.3) is 0 Å². The quantitative estimate of drug-likeness (QED) is 0.0223. The van der Waals surface area contributed by atoms with Gasteiger partial charge in [-0.1, -0.05) is 275 Å². The van der Waals surface area contributed by atoms with Gasteiger partial charge in [0.15, 0.2) is 5.71 Å². The Balaban J connectivity index is 1.01. The minimum Gasteiger partial charge on any atom is -0.465 e. The number of hydrogen-bond acceptors (Lipinski definition) is 4. The largest absolute Gasteiger partial charge is 0.465 e. The maximum Gasteiger partial charge on any atom is 0.337 e. The van der Waals surface area contributed by atoms with Crippen LogP contribution in [0.2, 0.25) is 0 Å². The van der Waals surface area contributed by atoms with Crippen LogP contribution in [-0.2, 0) is 15.6 Å². The first kappa shape index (κ1) is 67.3. The molecule has 470 valence electrons. The van der Waals surface area contributed by atoms with Crippen molar-refractivity contribution in [3.8, 4) is 5.75 Å². The molecule has 5 aromatic carbocycles. The molecule has 2 aliphatic heterocycles. The third-order valence-corrected chi connectivity index (χ3v) is 19.8. The van der Waals surface area contributed by atoms with Crippen molar-refractivity contribution in [1.82, 2.24) is 0 Å². The fraction of sp³-hybridized carbons (Fsp3) is 0.561. The molecule has 0 N–H and O–H groups in total. The molecule has 0 bridgehead atoms. The van der Waals surface area contributed by atoms with E-state index in [0.717, 1.165) is 38.1 Å². The van der Waals surface area contributed by atoms with Crippen LogP contribution in [0.25, 0.3) is 21.5 Å². The summed E-state index contributed by atoms with van der Waals surface area (Å²) in [7, 11) is 1.44. The van der Waals surface area contributed by atoms with Crippen LogP contribution < -0.4 is 9.64 Å². The molecule has 5 nitrogen and oxygen atoms in total. The lowest BCUT2D eigenvalue weighted by atomic mass is 9.78. The number of rotatable bonds is 40. The van der Waals surface area contributed by atoms with Crippen LogP contribution in [0.1, 0.15) is 288 Å². The van der Waals surface area contributed by atoms with Gasteiger partial charge in [0, 0.05) is 47.5 Å². The Labute approximate surface area is 529 Å². The molecule has 3 aliphatic rings. The predicted molar refractivity (Wildman–Crippen MR) is 375 cm³/mol. The molecule has 0 spiro atoms. The molecule has 1 aliphatic carbocycles. The summed E-state index contributed by atoms with van der Waals surface area (Å²) in [5.41, 5.74) is 10.8. The van der Waals surface area contributed by atoms with Gasteiger partial charge >= 0.3 is 5.97 Å². The average molecular weight is 1180 g/mol. The van der Waals surface area contributed by atoms with E-state index in [9.17, 15) is 4.79 Å². The number of benzene rings is 5. The highest BCUT2D eigenvalue weighted by Crippen LogP contribution is 2.51. The standard InChI is InChI=1S/C82H115N2O3/c1-8-10-12-14-16-18-20-22-24-26-28-30-32-34-36-42-63-83-73-59-53-65-45-38-40-49-71(65)77(73)81(3,4)75(83)61-55-67-47-44-48-68(79(67)87-70-57-51-69(52-58-70)80(85)86-7)56-62-76-82(5,6)78-72-50-41-39-46-66(72)54-60-74(78)84(76)64-43-37-35-33-31-29-27-25-23-21-19-17-15-13-11-9-2/h38-41,45-46,49-62H,8-37,42-44,47-48,63-64H2,1-7H3/q+1. The van der Waals surface area contributed by atoms with Crippen LogP contribution in [0.4, 0.5) is 11.4 Å². The number of unbranched alkanes of at least 4 members (excludes halogenated alkanes) is 30. The van der Waals surface area contributed by atoms with Gasteiger partial charge < -0.3 is 14.4 Å². The Kier molecular flexibility index (Phi) is 27.4. The van der Waals surface area contributed by atoms with Crippen LogP contribution in [-0.4, -0.2) is 36.5 Å². The van der Waals surface area contributed by atoms with Gasteiger partial charge in [0.2, 0.25) is 5.69 Å². The fourth-order valence-corrected chi connectivity index (χ4v) is 14.8. The lowest BCUT2D eigenvalue weighted by Crippen LogP contribution is -2.28. The first-order valence-electron chi connectivity index (χ1n) is 35.7. The molecule has 0 aromatic heterocycles. The summed E-state index contributed by atoms with van der Waals surface area (Å²) >= 11 is 0. The Morgan fingerprint density at radius 1 is 0.506 bits per heavy atom. The van der Waals surface area contributed by atoms with Crippen molar-refractivity contribution in [2.45, 2.75) is 277 Å². The third kappa shape index (κ3) is 18.7. The summed E-state index contributed by atoms with van der Waals surface area (Å²) in [6.45, 7) is 16.4. The van der Waals surface area contributed by atoms with Crippen molar-refractivity contribution < 1.29 is 18.8 Å². The van der Waals surface area contributed by atoms with E-state index in [2.05, 4.69) is 148 Å². The van der Waals surface area contributed by atoms with Crippen LogP contribution in [0.5, 0.6) is 5.75 Å². The number of hydrogen-bond donors (Lipinski definition) is 0. The van der Waals surface area contributed by atoms with Gasteiger partial charge in [-0.25, -0.2) is 4.79 Å². The Morgan fingerprint density at radius 3 is 1.52 bits per heavy atom. The second kappa shape index (κ2) is 35.5. The van der Waals surface area contributed by atoms with Crippen molar-refractivity contribution in [2.24, 2.45) is 0 Å². The smallest absolute Gasteiger partial charge is 0.337 e. The summed E-state index contributed by atoms with van der Waals surface area (Å²) in [4.78, 5) is 15.3. The summed E-state index contributed by atoms with van der Waals surface area (Å²) in [6, 6.07) is 34.9. The molecule has 8 rings (SSSR count). The van der Waals surface area contributed by atoms with E-state index < -0.39 is 0 Å². The second-order valence-corrected chi connectivity index (χ2v) is 27.3. The van der Waals surface area contributed by atoms with Gasteiger partial charge in [-0.3, -0.25) is 0 Å². The Hall–Kier alpha value is -5.68. The van der Waals surface area contributed by atoms with E-state index in [4.69, 9.17) is 9.47 Å². The summed E-state index contributed by atoms with van der Waals surface area (Å²) in [5, 5.41) is 5.30. The van der Waals surface area contributed by atoms with E-state index in [1.807, 2.05) is 24.3 Å². The zero-order valence-electron chi connectivity index (χ0n) is 55.8. The van der Waals surface area contributed by atoms with Crippen LogP contribution in [0.15, 0.2) is 144 Å².